The van der Waals surface area contributed by atoms with Crippen LogP contribution in [0.4, 0.5) is 0 Å². The molecular weight excluding hydrogens is 286 g/mol. The van der Waals surface area contributed by atoms with Gasteiger partial charge in [-0.3, -0.25) is 0 Å². The van der Waals surface area contributed by atoms with Crippen molar-refractivity contribution < 1.29 is 10.2 Å². The van der Waals surface area contributed by atoms with Crippen LogP contribution < -0.4 is 5.73 Å². The van der Waals surface area contributed by atoms with Crippen molar-refractivity contribution >= 4 is 0 Å². The molecule has 3 heteroatoms. The van der Waals surface area contributed by atoms with Crippen molar-refractivity contribution in [1.29, 1.82) is 0 Å². The Morgan fingerprint density at radius 2 is 1.09 bits per heavy atom. The van der Waals surface area contributed by atoms with E-state index in [0.29, 0.717) is 6.42 Å². The highest BCUT2D eigenvalue weighted by Crippen LogP contribution is 2.16. The smallest absolute Gasteiger partial charge is 0.0767 e. The maximum absolute atomic E-state index is 9.95. The third-order valence-electron chi connectivity index (χ3n) is 4.83. The molecule has 0 saturated carbocycles. The normalized spacial score (nSPS) is 14.9. The molecule has 140 valence electrons. The summed E-state index contributed by atoms with van der Waals surface area (Å²) in [6.07, 6.45) is 17.3. The van der Waals surface area contributed by atoms with Crippen LogP contribution >= 0.6 is 0 Å². The van der Waals surface area contributed by atoms with Gasteiger partial charge in [-0.05, 0) is 20.3 Å². The van der Waals surface area contributed by atoms with Gasteiger partial charge >= 0.3 is 0 Å². The summed E-state index contributed by atoms with van der Waals surface area (Å²) in [4.78, 5) is 0. The average Bonchev–Trinajstić information content (AvgIpc) is 2.50. The Balaban J connectivity index is 3.28. The zero-order valence-electron chi connectivity index (χ0n) is 16.0. The molecule has 0 saturated heterocycles. The SMILES string of the molecule is CCCCCCCCCCCCCCC[C@@H](O)[C@H](N)C(C)(C)O. The Morgan fingerprint density at radius 1 is 0.739 bits per heavy atom. The van der Waals surface area contributed by atoms with Gasteiger partial charge in [-0.1, -0.05) is 90.4 Å². The van der Waals surface area contributed by atoms with E-state index in [0.717, 1.165) is 12.8 Å². The Hall–Kier alpha value is -0.120. The van der Waals surface area contributed by atoms with Crippen molar-refractivity contribution in [2.45, 2.75) is 128 Å². The first-order chi connectivity index (χ1) is 10.9. The maximum Gasteiger partial charge on any atom is 0.0767 e. The lowest BCUT2D eigenvalue weighted by Crippen LogP contribution is -2.51. The molecule has 3 nitrogen and oxygen atoms in total. The first-order valence-corrected chi connectivity index (χ1v) is 10.1. The van der Waals surface area contributed by atoms with Crippen molar-refractivity contribution in [3.05, 3.63) is 0 Å². The topological polar surface area (TPSA) is 66.5 Å². The number of nitrogens with two attached hydrogens (primary N) is 1. The number of unbranched alkanes of at least 4 members (excludes halogenated alkanes) is 12. The molecule has 0 fully saturated rings. The third-order valence-corrected chi connectivity index (χ3v) is 4.83. The average molecular weight is 330 g/mol. The van der Waals surface area contributed by atoms with Crippen LogP contribution in [-0.2, 0) is 0 Å². The van der Waals surface area contributed by atoms with Gasteiger partial charge in [0.2, 0.25) is 0 Å². The molecule has 0 heterocycles. The number of rotatable bonds is 16. The molecule has 0 aliphatic heterocycles. The summed E-state index contributed by atoms with van der Waals surface area (Å²) >= 11 is 0. The number of aliphatic hydroxyl groups excluding tert-OH is 1. The summed E-state index contributed by atoms with van der Waals surface area (Å²) in [5.41, 5.74) is 4.84. The first-order valence-electron chi connectivity index (χ1n) is 10.1. The van der Waals surface area contributed by atoms with Crippen molar-refractivity contribution in [3.8, 4) is 0 Å². The minimum absolute atomic E-state index is 0.556. The molecule has 0 aromatic rings. The van der Waals surface area contributed by atoms with E-state index < -0.39 is 17.7 Å². The highest BCUT2D eigenvalue weighted by molar-refractivity contribution is 4.86. The maximum atomic E-state index is 9.95. The second-order valence-electron chi connectivity index (χ2n) is 7.78. The Kier molecular flexibility index (Phi) is 14.2. The molecule has 0 aromatic carbocycles. The van der Waals surface area contributed by atoms with Crippen molar-refractivity contribution in [1.82, 2.24) is 0 Å². The van der Waals surface area contributed by atoms with Crippen LogP contribution in [-0.4, -0.2) is 28.0 Å². The van der Waals surface area contributed by atoms with E-state index >= 15 is 0 Å². The fourth-order valence-electron chi connectivity index (χ4n) is 3.02. The number of hydrogen-bond acceptors (Lipinski definition) is 3. The highest BCUT2D eigenvalue weighted by Gasteiger charge is 2.28. The van der Waals surface area contributed by atoms with Gasteiger partial charge in [0.15, 0.2) is 0 Å². The largest absolute Gasteiger partial charge is 0.391 e. The summed E-state index contributed by atoms with van der Waals surface area (Å²) in [6.45, 7) is 5.58. The molecule has 0 aliphatic carbocycles. The fourth-order valence-corrected chi connectivity index (χ4v) is 3.02. The number of aliphatic hydroxyl groups is 2. The standard InChI is InChI=1S/C20H43NO2/c1-4-5-6-7-8-9-10-11-12-13-14-15-16-17-18(22)19(21)20(2,3)23/h18-19,22-23H,4-17,21H2,1-3H3/t18-,19+/m1/s1. The lowest BCUT2D eigenvalue weighted by molar-refractivity contribution is -0.00803. The molecule has 0 rings (SSSR count). The fraction of sp³-hybridized carbons (Fsp3) is 1.00. The minimum Gasteiger partial charge on any atom is -0.391 e. The van der Waals surface area contributed by atoms with E-state index in [1.165, 1.54) is 70.6 Å². The van der Waals surface area contributed by atoms with Crippen LogP contribution in [0.2, 0.25) is 0 Å². The van der Waals surface area contributed by atoms with Gasteiger partial charge in [-0.2, -0.15) is 0 Å². The molecule has 4 N–H and O–H groups in total. The zero-order valence-corrected chi connectivity index (χ0v) is 16.0. The van der Waals surface area contributed by atoms with Crippen molar-refractivity contribution in [2.24, 2.45) is 5.73 Å². The van der Waals surface area contributed by atoms with Gasteiger partial charge in [-0.25, -0.2) is 0 Å². The highest BCUT2D eigenvalue weighted by atomic mass is 16.3. The van der Waals surface area contributed by atoms with E-state index in [4.69, 9.17) is 5.73 Å². The van der Waals surface area contributed by atoms with Crippen LogP contribution in [0.1, 0.15) is 111 Å². The van der Waals surface area contributed by atoms with E-state index in [1.807, 2.05) is 0 Å². The zero-order chi connectivity index (χ0) is 17.6. The summed E-state index contributed by atoms with van der Waals surface area (Å²) < 4.78 is 0. The minimum atomic E-state index is -1.00. The Labute approximate surface area is 145 Å². The molecule has 0 spiro atoms. The Morgan fingerprint density at radius 3 is 1.43 bits per heavy atom. The summed E-state index contributed by atoms with van der Waals surface area (Å²) in [7, 11) is 0. The van der Waals surface area contributed by atoms with Crippen LogP contribution in [0.15, 0.2) is 0 Å². The molecule has 0 aromatic heterocycles. The second kappa shape index (κ2) is 14.2. The summed E-state index contributed by atoms with van der Waals surface area (Å²) in [6, 6.07) is -0.556. The molecule has 0 aliphatic rings. The van der Waals surface area contributed by atoms with Gasteiger partial charge in [0.1, 0.15) is 0 Å². The summed E-state index contributed by atoms with van der Waals surface area (Å²) in [5.74, 6) is 0. The second-order valence-corrected chi connectivity index (χ2v) is 7.78. The van der Waals surface area contributed by atoms with Crippen LogP contribution in [0.5, 0.6) is 0 Å². The third kappa shape index (κ3) is 14.0. The molecule has 0 unspecified atom stereocenters. The molecule has 0 radical (unpaired) electrons. The quantitative estimate of drug-likeness (QED) is 0.352. The van der Waals surface area contributed by atoms with E-state index in [1.54, 1.807) is 13.8 Å². The van der Waals surface area contributed by atoms with Crippen LogP contribution in [0, 0.1) is 0 Å². The Bertz CT molecular complexity index is 251. The van der Waals surface area contributed by atoms with Crippen LogP contribution in [0.25, 0.3) is 0 Å². The molecule has 0 bridgehead atoms. The van der Waals surface area contributed by atoms with E-state index in [9.17, 15) is 10.2 Å². The summed E-state index contributed by atoms with van der Waals surface area (Å²) in [5, 5.41) is 19.7. The monoisotopic (exact) mass is 329 g/mol. The van der Waals surface area contributed by atoms with Gasteiger partial charge in [-0.15, -0.1) is 0 Å². The van der Waals surface area contributed by atoms with Gasteiger partial charge in [0.05, 0.1) is 17.7 Å². The van der Waals surface area contributed by atoms with Crippen molar-refractivity contribution in [3.63, 3.8) is 0 Å². The molecule has 23 heavy (non-hydrogen) atoms. The first kappa shape index (κ1) is 22.9. The van der Waals surface area contributed by atoms with E-state index in [2.05, 4.69) is 6.92 Å². The van der Waals surface area contributed by atoms with E-state index in [-0.39, 0.29) is 0 Å². The molecule has 0 amide bonds. The van der Waals surface area contributed by atoms with Crippen LogP contribution in [0.3, 0.4) is 0 Å². The van der Waals surface area contributed by atoms with Crippen molar-refractivity contribution in [2.75, 3.05) is 0 Å². The number of hydrogen-bond donors (Lipinski definition) is 3. The molecule has 2 atom stereocenters. The lowest BCUT2D eigenvalue weighted by atomic mass is 9.91. The molecular formula is C20H43NO2. The predicted octanol–water partition coefficient (Wildman–Crippen LogP) is 4.93. The lowest BCUT2D eigenvalue weighted by Gasteiger charge is -2.29. The predicted molar refractivity (Wildman–Crippen MR) is 101 cm³/mol. The van der Waals surface area contributed by atoms with Gasteiger partial charge < -0.3 is 15.9 Å². The van der Waals surface area contributed by atoms with Gasteiger partial charge in [0, 0.05) is 0 Å². The van der Waals surface area contributed by atoms with Gasteiger partial charge in [0.25, 0.3) is 0 Å².